The van der Waals surface area contributed by atoms with E-state index in [0.717, 1.165) is 29.7 Å². The van der Waals surface area contributed by atoms with E-state index in [1.807, 2.05) is 36.4 Å². The molecule has 0 bridgehead atoms. The second-order valence-corrected chi connectivity index (χ2v) is 5.84. The molecule has 0 saturated heterocycles. The minimum atomic E-state index is 0.263. The summed E-state index contributed by atoms with van der Waals surface area (Å²) in [5.74, 6) is 1.15. The summed E-state index contributed by atoms with van der Waals surface area (Å²) in [6, 6.07) is 13.6. The molecule has 0 aliphatic heterocycles. The number of para-hydroxylation sites is 1. The number of rotatable bonds is 6. The van der Waals surface area contributed by atoms with Crippen LogP contribution in [0.4, 0.5) is 0 Å². The molecule has 0 radical (unpaired) electrons. The lowest BCUT2D eigenvalue weighted by molar-refractivity contribution is 0.404. The van der Waals surface area contributed by atoms with Crippen molar-refractivity contribution in [3.05, 3.63) is 63.6 Å². The molecule has 0 heterocycles. The maximum absolute atomic E-state index is 6.24. The Labute approximate surface area is 135 Å². The quantitative estimate of drug-likeness (QED) is 0.857. The van der Waals surface area contributed by atoms with Crippen LogP contribution in [0.15, 0.2) is 42.5 Å². The van der Waals surface area contributed by atoms with Crippen molar-refractivity contribution >= 4 is 23.2 Å². The molecule has 0 aliphatic rings. The average molecular weight is 324 g/mol. The van der Waals surface area contributed by atoms with Gasteiger partial charge in [-0.05, 0) is 54.6 Å². The molecule has 2 aromatic rings. The topological polar surface area (TPSA) is 35.2 Å². The Hall–Kier alpha value is -1.22. The minimum absolute atomic E-state index is 0.263. The normalized spacial score (nSPS) is 12.2. The highest BCUT2D eigenvalue weighted by Gasteiger charge is 2.15. The summed E-state index contributed by atoms with van der Waals surface area (Å²) in [5.41, 5.74) is 8.05. The van der Waals surface area contributed by atoms with Crippen molar-refractivity contribution in [1.29, 1.82) is 0 Å². The van der Waals surface area contributed by atoms with Gasteiger partial charge in [0.25, 0.3) is 0 Å². The van der Waals surface area contributed by atoms with Crippen molar-refractivity contribution in [1.82, 2.24) is 0 Å². The molecule has 0 amide bonds. The van der Waals surface area contributed by atoms with Crippen molar-refractivity contribution in [3.63, 3.8) is 0 Å². The minimum Gasteiger partial charge on any atom is -0.496 e. The number of nitrogens with two attached hydrogens (primary N) is 1. The first-order valence-corrected chi connectivity index (χ1v) is 7.66. The lowest BCUT2D eigenvalue weighted by atomic mass is 9.92. The number of benzene rings is 2. The van der Waals surface area contributed by atoms with E-state index < -0.39 is 0 Å². The van der Waals surface area contributed by atoms with Crippen LogP contribution in [0.5, 0.6) is 5.75 Å². The van der Waals surface area contributed by atoms with E-state index in [9.17, 15) is 0 Å². The van der Waals surface area contributed by atoms with Gasteiger partial charge in [0.05, 0.1) is 7.11 Å². The summed E-state index contributed by atoms with van der Waals surface area (Å²) in [4.78, 5) is 0. The van der Waals surface area contributed by atoms with E-state index in [2.05, 4.69) is 6.07 Å². The standard InChI is InChI=1S/C17H19Cl2NO/c1-21-17-8-3-2-5-13(17)9-12(11-20)10-14-15(18)6-4-7-16(14)19/h2-8,12H,9-11,20H2,1H3. The molecule has 0 aromatic heterocycles. The summed E-state index contributed by atoms with van der Waals surface area (Å²) in [7, 11) is 1.68. The van der Waals surface area contributed by atoms with Crippen molar-refractivity contribution < 1.29 is 4.74 Å². The van der Waals surface area contributed by atoms with Gasteiger partial charge in [0, 0.05) is 10.0 Å². The van der Waals surface area contributed by atoms with E-state index in [0.29, 0.717) is 16.6 Å². The van der Waals surface area contributed by atoms with Gasteiger partial charge in [-0.25, -0.2) is 0 Å². The van der Waals surface area contributed by atoms with Gasteiger partial charge in [-0.15, -0.1) is 0 Å². The van der Waals surface area contributed by atoms with Crippen molar-refractivity contribution in [2.75, 3.05) is 13.7 Å². The Bertz CT molecular complexity index is 581. The van der Waals surface area contributed by atoms with Gasteiger partial charge in [-0.1, -0.05) is 47.5 Å². The predicted octanol–water partition coefficient (Wildman–Crippen LogP) is 4.36. The molecule has 0 aliphatic carbocycles. The zero-order valence-electron chi connectivity index (χ0n) is 12.0. The number of hydrogen-bond donors (Lipinski definition) is 1. The largest absolute Gasteiger partial charge is 0.496 e. The van der Waals surface area contributed by atoms with Crippen LogP contribution in [0, 0.1) is 5.92 Å². The third-order valence-corrected chi connectivity index (χ3v) is 4.30. The fourth-order valence-corrected chi connectivity index (χ4v) is 2.99. The van der Waals surface area contributed by atoms with Crippen molar-refractivity contribution in [3.8, 4) is 5.75 Å². The van der Waals surface area contributed by atoms with Crippen LogP contribution in [-0.2, 0) is 12.8 Å². The molecule has 112 valence electrons. The zero-order chi connectivity index (χ0) is 15.2. The van der Waals surface area contributed by atoms with Crippen LogP contribution >= 0.6 is 23.2 Å². The van der Waals surface area contributed by atoms with Gasteiger partial charge in [-0.2, -0.15) is 0 Å². The van der Waals surface area contributed by atoms with E-state index in [1.165, 1.54) is 0 Å². The van der Waals surface area contributed by atoms with Gasteiger partial charge < -0.3 is 10.5 Å². The maximum atomic E-state index is 6.24. The first kappa shape index (κ1) is 16.2. The Kier molecular flexibility index (Phi) is 5.92. The summed E-state index contributed by atoms with van der Waals surface area (Å²) < 4.78 is 5.40. The van der Waals surface area contributed by atoms with Crippen LogP contribution in [0.2, 0.25) is 10.0 Å². The summed E-state index contributed by atoms with van der Waals surface area (Å²) in [6.45, 7) is 0.569. The van der Waals surface area contributed by atoms with Crippen molar-refractivity contribution in [2.24, 2.45) is 11.7 Å². The maximum Gasteiger partial charge on any atom is 0.122 e. The van der Waals surface area contributed by atoms with Crippen LogP contribution in [0.1, 0.15) is 11.1 Å². The van der Waals surface area contributed by atoms with E-state index in [4.69, 9.17) is 33.7 Å². The molecule has 0 spiro atoms. The van der Waals surface area contributed by atoms with Crippen LogP contribution in [0.3, 0.4) is 0 Å². The lowest BCUT2D eigenvalue weighted by Crippen LogP contribution is -2.20. The molecular formula is C17H19Cl2NO. The molecule has 1 unspecified atom stereocenters. The Morgan fingerprint density at radius 3 is 2.29 bits per heavy atom. The average Bonchev–Trinajstić information content (AvgIpc) is 2.50. The van der Waals surface area contributed by atoms with Crippen molar-refractivity contribution in [2.45, 2.75) is 12.8 Å². The molecule has 2 rings (SSSR count). The summed E-state index contributed by atoms with van der Waals surface area (Å²) in [5, 5.41) is 1.39. The second kappa shape index (κ2) is 7.69. The number of methoxy groups -OCH3 is 1. The molecule has 2 aromatic carbocycles. The number of hydrogen-bond acceptors (Lipinski definition) is 2. The molecule has 21 heavy (non-hydrogen) atoms. The Morgan fingerprint density at radius 2 is 1.67 bits per heavy atom. The molecule has 4 heteroatoms. The van der Waals surface area contributed by atoms with E-state index in [1.54, 1.807) is 7.11 Å². The summed E-state index contributed by atoms with van der Waals surface area (Å²) in [6.07, 6.45) is 1.59. The van der Waals surface area contributed by atoms with Crippen LogP contribution < -0.4 is 10.5 Å². The highest BCUT2D eigenvalue weighted by atomic mass is 35.5. The fourth-order valence-electron chi connectivity index (χ4n) is 2.44. The first-order valence-electron chi connectivity index (χ1n) is 6.90. The third-order valence-electron chi connectivity index (χ3n) is 3.59. The Morgan fingerprint density at radius 1 is 1.00 bits per heavy atom. The molecule has 2 nitrogen and oxygen atoms in total. The van der Waals surface area contributed by atoms with Gasteiger partial charge in [-0.3, -0.25) is 0 Å². The number of halogens is 2. The molecular weight excluding hydrogens is 305 g/mol. The van der Waals surface area contributed by atoms with Gasteiger partial charge >= 0.3 is 0 Å². The van der Waals surface area contributed by atoms with E-state index in [-0.39, 0.29) is 5.92 Å². The SMILES string of the molecule is COc1ccccc1CC(CN)Cc1c(Cl)cccc1Cl. The molecule has 1 atom stereocenters. The fraction of sp³-hybridized carbons (Fsp3) is 0.294. The first-order chi connectivity index (χ1) is 10.2. The lowest BCUT2D eigenvalue weighted by Gasteiger charge is -2.18. The van der Waals surface area contributed by atoms with E-state index >= 15 is 0 Å². The monoisotopic (exact) mass is 323 g/mol. The highest BCUT2D eigenvalue weighted by Crippen LogP contribution is 2.29. The van der Waals surface area contributed by atoms with Gasteiger partial charge in [0.15, 0.2) is 0 Å². The molecule has 0 saturated carbocycles. The van der Waals surface area contributed by atoms with Crippen LogP contribution in [-0.4, -0.2) is 13.7 Å². The third kappa shape index (κ3) is 4.13. The second-order valence-electron chi connectivity index (χ2n) is 5.02. The molecule has 0 fully saturated rings. The Balaban J connectivity index is 2.17. The predicted molar refractivity (Wildman–Crippen MR) is 89.4 cm³/mol. The number of ether oxygens (including phenoxy) is 1. The van der Waals surface area contributed by atoms with Gasteiger partial charge in [0.1, 0.15) is 5.75 Å². The van der Waals surface area contributed by atoms with Gasteiger partial charge in [0.2, 0.25) is 0 Å². The molecule has 2 N–H and O–H groups in total. The highest BCUT2D eigenvalue weighted by molar-refractivity contribution is 6.35. The zero-order valence-corrected chi connectivity index (χ0v) is 13.5. The smallest absolute Gasteiger partial charge is 0.122 e. The summed E-state index contributed by atoms with van der Waals surface area (Å²) >= 11 is 12.5. The van der Waals surface area contributed by atoms with Crippen LogP contribution in [0.25, 0.3) is 0 Å².